The molecule has 1 heterocycles. The van der Waals surface area contributed by atoms with Gasteiger partial charge in [-0.05, 0) is 63.9 Å². The number of hydrogen-bond donors (Lipinski definition) is 0. The molecule has 3 nitrogen and oxygen atoms in total. The van der Waals surface area contributed by atoms with Crippen molar-refractivity contribution in [3.05, 3.63) is 24.3 Å². The second-order valence-electron chi connectivity index (χ2n) is 5.49. The first-order chi connectivity index (χ1) is 9.88. The van der Waals surface area contributed by atoms with Crippen molar-refractivity contribution in [2.45, 2.75) is 38.5 Å². The SMILES string of the molecule is COc1cccc(OCCCCCN2CCCCC2)c1. The van der Waals surface area contributed by atoms with Crippen molar-refractivity contribution < 1.29 is 9.47 Å². The number of unbranched alkanes of at least 4 members (excludes halogenated alkanes) is 2. The molecule has 1 aromatic carbocycles. The minimum absolute atomic E-state index is 0.799. The highest BCUT2D eigenvalue weighted by Gasteiger charge is 2.08. The normalized spacial score (nSPS) is 16.1. The van der Waals surface area contributed by atoms with E-state index in [1.165, 1.54) is 51.7 Å². The van der Waals surface area contributed by atoms with E-state index < -0.39 is 0 Å². The summed E-state index contributed by atoms with van der Waals surface area (Å²) < 4.78 is 10.9. The number of likely N-dealkylation sites (tertiary alicyclic amines) is 1. The Morgan fingerprint density at radius 2 is 1.80 bits per heavy atom. The van der Waals surface area contributed by atoms with Gasteiger partial charge in [-0.2, -0.15) is 0 Å². The molecule has 1 saturated heterocycles. The molecule has 1 aromatic rings. The summed E-state index contributed by atoms with van der Waals surface area (Å²) in [5.41, 5.74) is 0. The topological polar surface area (TPSA) is 21.7 Å². The largest absolute Gasteiger partial charge is 0.497 e. The van der Waals surface area contributed by atoms with E-state index in [0.717, 1.165) is 24.5 Å². The maximum Gasteiger partial charge on any atom is 0.122 e. The van der Waals surface area contributed by atoms with Crippen LogP contribution < -0.4 is 9.47 Å². The van der Waals surface area contributed by atoms with E-state index in [2.05, 4.69) is 4.90 Å². The molecule has 0 unspecified atom stereocenters. The van der Waals surface area contributed by atoms with Crippen LogP contribution in [0.25, 0.3) is 0 Å². The van der Waals surface area contributed by atoms with Gasteiger partial charge in [-0.1, -0.05) is 12.5 Å². The minimum atomic E-state index is 0.799. The van der Waals surface area contributed by atoms with E-state index in [9.17, 15) is 0 Å². The van der Waals surface area contributed by atoms with E-state index in [-0.39, 0.29) is 0 Å². The van der Waals surface area contributed by atoms with Gasteiger partial charge in [0.05, 0.1) is 13.7 Å². The van der Waals surface area contributed by atoms with Crippen LogP contribution in [0.3, 0.4) is 0 Å². The second kappa shape index (κ2) is 8.85. The number of benzene rings is 1. The van der Waals surface area contributed by atoms with Crippen LogP contribution in [0.2, 0.25) is 0 Å². The summed E-state index contributed by atoms with van der Waals surface area (Å²) in [6, 6.07) is 7.82. The molecule has 1 fully saturated rings. The quantitative estimate of drug-likeness (QED) is 0.676. The summed E-state index contributed by atoms with van der Waals surface area (Å²) in [5, 5.41) is 0. The zero-order valence-corrected chi connectivity index (χ0v) is 12.6. The maximum atomic E-state index is 5.75. The molecule has 3 heteroatoms. The third-order valence-electron chi connectivity index (χ3n) is 3.88. The standard InChI is InChI=1S/C17H27NO2/c1-19-16-9-8-10-17(15-16)20-14-7-3-6-13-18-11-4-2-5-12-18/h8-10,15H,2-7,11-14H2,1H3. The monoisotopic (exact) mass is 277 g/mol. The Labute approximate surface area is 122 Å². The van der Waals surface area contributed by atoms with Crippen molar-refractivity contribution in [3.63, 3.8) is 0 Å². The first-order valence-electron chi connectivity index (χ1n) is 7.88. The molecule has 2 rings (SSSR count). The van der Waals surface area contributed by atoms with E-state index in [1.54, 1.807) is 7.11 Å². The van der Waals surface area contributed by atoms with Crippen molar-refractivity contribution in [3.8, 4) is 11.5 Å². The second-order valence-corrected chi connectivity index (χ2v) is 5.49. The summed E-state index contributed by atoms with van der Waals surface area (Å²) in [5.74, 6) is 1.76. The highest BCUT2D eigenvalue weighted by molar-refractivity contribution is 5.32. The average molecular weight is 277 g/mol. The van der Waals surface area contributed by atoms with E-state index in [0.29, 0.717) is 0 Å². The Hall–Kier alpha value is -1.22. The molecule has 1 aliphatic rings. The van der Waals surface area contributed by atoms with Crippen molar-refractivity contribution in [1.82, 2.24) is 4.90 Å². The number of rotatable bonds is 8. The van der Waals surface area contributed by atoms with Crippen molar-refractivity contribution in [1.29, 1.82) is 0 Å². The van der Waals surface area contributed by atoms with Crippen LogP contribution in [0.15, 0.2) is 24.3 Å². The third kappa shape index (κ3) is 5.41. The number of hydrogen-bond acceptors (Lipinski definition) is 3. The zero-order valence-electron chi connectivity index (χ0n) is 12.6. The molecule has 20 heavy (non-hydrogen) atoms. The van der Waals surface area contributed by atoms with Crippen LogP contribution >= 0.6 is 0 Å². The van der Waals surface area contributed by atoms with Gasteiger partial charge in [-0.15, -0.1) is 0 Å². The minimum Gasteiger partial charge on any atom is -0.497 e. The summed E-state index contributed by atoms with van der Waals surface area (Å²) in [6.07, 6.45) is 7.87. The molecule has 112 valence electrons. The van der Waals surface area contributed by atoms with Crippen LogP contribution in [0.5, 0.6) is 11.5 Å². The van der Waals surface area contributed by atoms with Gasteiger partial charge in [-0.25, -0.2) is 0 Å². The molecule has 0 spiro atoms. The number of piperidine rings is 1. The fourth-order valence-electron chi connectivity index (χ4n) is 2.68. The fourth-order valence-corrected chi connectivity index (χ4v) is 2.68. The van der Waals surface area contributed by atoms with Crippen LogP contribution in [0.1, 0.15) is 38.5 Å². The number of nitrogens with zero attached hydrogens (tertiary/aromatic N) is 1. The molecule has 0 radical (unpaired) electrons. The Balaban J connectivity index is 1.52. The van der Waals surface area contributed by atoms with Gasteiger partial charge >= 0.3 is 0 Å². The molecule has 0 aliphatic carbocycles. The first kappa shape index (κ1) is 15.2. The van der Waals surface area contributed by atoms with Crippen molar-refractivity contribution in [2.24, 2.45) is 0 Å². The van der Waals surface area contributed by atoms with Crippen LogP contribution in [-0.2, 0) is 0 Å². The molecular formula is C17H27NO2. The van der Waals surface area contributed by atoms with Gasteiger partial charge in [-0.3, -0.25) is 0 Å². The highest BCUT2D eigenvalue weighted by Crippen LogP contribution is 2.19. The van der Waals surface area contributed by atoms with Gasteiger partial charge in [0.2, 0.25) is 0 Å². The lowest BCUT2D eigenvalue weighted by molar-refractivity contribution is 0.221. The van der Waals surface area contributed by atoms with Gasteiger partial charge in [0.15, 0.2) is 0 Å². The van der Waals surface area contributed by atoms with E-state index >= 15 is 0 Å². The molecule has 0 aromatic heterocycles. The Morgan fingerprint density at radius 3 is 2.60 bits per heavy atom. The lowest BCUT2D eigenvalue weighted by Crippen LogP contribution is -2.30. The predicted octanol–water partition coefficient (Wildman–Crippen LogP) is 3.73. The average Bonchev–Trinajstić information content (AvgIpc) is 2.52. The van der Waals surface area contributed by atoms with Crippen LogP contribution in [0.4, 0.5) is 0 Å². The smallest absolute Gasteiger partial charge is 0.122 e. The van der Waals surface area contributed by atoms with Gasteiger partial charge < -0.3 is 14.4 Å². The Bertz CT molecular complexity index is 375. The lowest BCUT2D eigenvalue weighted by Gasteiger charge is -2.26. The lowest BCUT2D eigenvalue weighted by atomic mass is 10.1. The molecule has 0 bridgehead atoms. The van der Waals surface area contributed by atoms with Crippen molar-refractivity contribution >= 4 is 0 Å². The summed E-state index contributed by atoms with van der Waals surface area (Å²) in [4.78, 5) is 2.60. The van der Waals surface area contributed by atoms with Gasteiger partial charge in [0.1, 0.15) is 11.5 Å². The number of ether oxygens (including phenoxy) is 2. The molecule has 0 atom stereocenters. The molecule has 1 aliphatic heterocycles. The molecular weight excluding hydrogens is 250 g/mol. The predicted molar refractivity (Wildman–Crippen MR) is 82.6 cm³/mol. The van der Waals surface area contributed by atoms with Gasteiger partial charge in [0, 0.05) is 6.07 Å². The van der Waals surface area contributed by atoms with E-state index in [4.69, 9.17) is 9.47 Å². The number of methoxy groups -OCH3 is 1. The Kier molecular flexibility index (Phi) is 6.72. The first-order valence-corrected chi connectivity index (χ1v) is 7.88. The van der Waals surface area contributed by atoms with Gasteiger partial charge in [0.25, 0.3) is 0 Å². The maximum absolute atomic E-state index is 5.75. The van der Waals surface area contributed by atoms with Crippen LogP contribution in [-0.4, -0.2) is 38.3 Å². The van der Waals surface area contributed by atoms with E-state index in [1.807, 2.05) is 24.3 Å². The Morgan fingerprint density at radius 1 is 1.00 bits per heavy atom. The fraction of sp³-hybridized carbons (Fsp3) is 0.647. The highest BCUT2D eigenvalue weighted by atomic mass is 16.5. The summed E-state index contributed by atoms with van der Waals surface area (Å²) in [6.45, 7) is 4.67. The zero-order chi connectivity index (χ0) is 14.0. The molecule has 0 N–H and O–H groups in total. The summed E-state index contributed by atoms with van der Waals surface area (Å²) in [7, 11) is 1.68. The van der Waals surface area contributed by atoms with Crippen LogP contribution in [0, 0.1) is 0 Å². The van der Waals surface area contributed by atoms with Crippen molar-refractivity contribution in [2.75, 3.05) is 33.4 Å². The summed E-state index contributed by atoms with van der Waals surface area (Å²) >= 11 is 0. The third-order valence-corrected chi connectivity index (χ3v) is 3.88. The molecule has 0 amide bonds. The molecule has 0 saturated carbocycles.